The Bertz CT molecular complexity index is 534. The van der Waals surface area contributed by atoms with Crippen molar-refractivity contribution in [2.24, 2.45) is 0 Å². The molecule has 12 heavy (non-hydrogen) atoms. The maximum Gasteiger partial charge on any atom is 0.222 e. The minimum Gasteiger partial charge on any atom is -0.437 e. The summed E-state index contributed by atoms with van der Waals surface area (Å²) < 4.78 is 7.28. The summed E-state index contributed by atoms with van der Waals surface area (Å²) in [5, 5.41) is 4.13. The number of oxazole rings is 1. The van der Waals surface area contributed by atoms with E-state index in [-0.39, 0.29) is 0 Å². The average Bonchev–Trinajstić information content (AvgIpc) is 2.62. The monoisotopic (exact) mass is 158 g/mol. The van der Waals surface area contributed by atoms with E-state index in [1.807, 2.05) is 30.3 Å². The van der Waals surface area contributed by atoms with Gasteiger partial charge in [0, 0.05) is 6.07 Å². The second-order valence-electron chi connectivity index (χ2n) is 2.65. The molecule has 0 bridgehead atoms. The van der Waals surface area contributed by atoms with Gasteiger partial charge in [0.1, 0.15) is 5.52 Å². The number of hydrogen-bond acceptors (Lipinski definition) is 2. The van der Waals surface area contributed by atoms with E-state index in [1.165, 1.54) is 0 Å². The predicted octanol–water partition coefficient (Wildman–Crippen LogP) is 2.08. The fourth-order valence-electron chi connectivity index (χ4n) is 1.38. The molecule has 0 radical (unpaired) electrons. The van der Waals surface area contributed by atoms with Crippen molar-refractivity contribution in [2.75, 3.05) is 0 Å². The van der Waals surface area contributed by atoms with Gasteiger partial charge in [-0.15, -0.1) is 0 Å². The van der Waals surface area contributed by atoms with Crippen LogP contribution >= 0.6 is 0 Å². The number of nitrogens with zero attached hydrogens (tertiary/aromatic N) is 2. The summed E-state index contributed by atoms with van der Waals surface area (Å²) in [5.41, 5.74) is 2.68. The number of aromatic nitrogens is 2. The molecule has 0 aliphatic rings. The molecule has 3 aromatic rings. The lowest BCUT2D eigenvalue weighted by Crippen LogP contribution is -1.79. The fraction of sp³-hybridized carbons (Fsp3) is 0. The van der Waals surface area contributed by atoms with Gasteiger partial charge in [-0.1, -0.05) is 12.1 Å². The Balaban J connectivity index is 2.68. The third-order valence-electron chi connectivity index (χ3n) is 1.92. The highest BCUT2D eigenvalue weighted by atomic mass is 16.3. The number of fused-ring (bicyclic) bond motifs is 3. The van der Waals surface area contributed by atoms with Crippen LogP contribution < -0.4 is 0 Å². The molecular formula is C9H6N2O. The Morgan fingerprint density at radius 2 is 2.08 bits per heavy atom. The third kappa shape index (κ3) is 0.580. The zero-order chi connectivity index (χ0) is 7.97. The average molecular weight is 158 g/mol. The molecule has 0 amide bonds. The highest BCUT2D eigenvalue weighted by Crippen LogP contribution is 2.18. The molecule has 0 saturated carbocycles. The molecule has 0 unspecified atom stereocenters. The summed E-state index contributed by atoms with van der Waals surface area (Å²) in [6.45, 7) is 0. The summed E-state index contributed by atoms with van der Waals surface area (Å²) in [5.74, 6) is 0. The Hall–Kier alpha value is -1.77. The second-order valence-corrected chi connectivity index (χ2v) is 2.65. The predicted molar refractivity (Wildman–Crippen MR) is 45.0 cm³/mol. The van der Waals surface area contributed by atoms with Crippen molar-refractivity contribution in [3.63, 3.8) is 0 Å². The van der Waals surface area contributed by atoms with E-state index in [1.54, 1.807) is 10.7 Å². The van der Waals surface area contributed by atoms with Crippen LogP contribution in [-0.2, 0) is 0 Å². The van der Waals surface area contributed by atoms with Crippen molar-refractivity contribution in [3.8, 4) is 0 Å². The first kappa shape index (κ1) is 5.83. The van der Waals surface area contributed by atoms with Crippen molar-refractivity contribution < 1.29 is 4.42 Å². The van der Waals surface area contributed by atoms with Crippen molar-refractivity contribution in [1.29, 1.82) is 0 Å². The van der Waals surface area contributed by atoms with E-state index >= 15 is 0 Å². The quantitative estimate of drug-likeness (QED) is 0.501. The van der Waals surface area contributed by atoms with Crippen molar-refractivity contribution in [3.05, 3.63) is 36.5 Å². The smallest absolute Gasteiger partial charge is 0.222 e. The van der Waals surface area contributed by atoms with Crippen LogP contribution in [0.3, 0.4) is 0 Å². The largest absolute Gasteiger partial charge is 0.437 e. The molecule has 3 heteroatoms. The van der Waals surface area contributed by atoms with Crippen LogP contribution in [0.15, 0.2) is 40.9 Å². The van der Waals surface area contributed by atoms with Crippen LogP contribution in [0.1, 0.15) is 0 Å². The van der Waals surface area contributed by atoms with Gasteiger partial charge in [-0.25, -0.2) is 0 Å². The van der Waals surface area contributed by atoms with Gasteiger partial charge in [-0.3, -0.25) is 0 Å². The first-order chi connectivity index (χ1) is 5.95. The van der Waals surface area contributed by atoms with Gasteiger partial charge < -0.3 is 4.42 Å². The molecule has 0 fully saturated rings. The number of para-hydroxylation sites is 2. The summed E-state index contributed by atoms with van der Waals surface area (Å²) in [6, 6.07) is 9.69. The van der Waals surface area contributed by atoms with Crippen LogP contribution in [0.4, 0.5) is 0 Å². The van der Waals surface area contributed by atoms with Crippen LogP contribution in [0.25, 0.3) is 16.8 Å². The van der Waals surface area contributed by atoms with Crippen molar-refractivity contribution >= 4 is 16.8 Å². The Morgan fingerprint density at radius 1 is 1.17 bits per heavy atom. The molecule has 3 rings (SSSR count). The summed E-state index contributed by atoms with van der Waals surface area (Å²) >= 11 is 0. The topological polar surface area (TPSA) is 30.4 Å². The molecule has 2 aromatic heterocycles. The minimum absolute atomic E-state index is 0.788. The molecule has 0 saturated heterocycles. The SMILES string of the molecule is c1ccc2c(c1)oc1ccnn12. The molecule has 0 atom stereocenters. The third-order valence-corrected chi connectivity index (χ3v) is 1.92. The van der Waals surface area contributed by atoms with Crippen LogP contribution in [-0.4, -0.2) is 9.61 Å². The summed E-state index contributed by atoms with van der Waals surface area (Å²) in [6.07, 6.45) is 1.73. The molecule has 0 aliphatic heterocycles. The van der Waals surface area contributed by atoms with E-state index in [2.05, 4.69) is 5.10 Å². The first-order valence-electron chi connectivity index (χ1n) is 3.76. The molecule has 3 nitrogen and oxygen atoms in total. The lowest BCUT2D eigenvalue weighted by Gasteiger charge is -1.83. The summed E-state index contributed by atoms with van der Waals surface area (Å²) in [4.78, 5) is 0. The zero-order valence-corrected chi connectivity index (χ0v) is 6.27. The van der Waals surface area contributed by atoms with Gasteiger partial charge >= 0.3 is 0 Å². The zero-order valence-electron chi connectivity index (χ0n) is 6.27. The summed E-state index contributed by atoms with van der Waals surface area (Å²) in [7, 11) is 0. The highest BCUT2D eigenvalue weighted by Gasteiger charge is 2.03. The van der Waals surface area contributed by atoms with E-state index in [0.717, 1.165) is 16.8 Å². The van der Waals surface area contributed by atoms with Gasteiger partial charge in [0.15, 0.2) is 5.58 Å². The maximum absolute atomic E-state index is 5.49. The van der Waals surface area contributed by atoms with Crippen molar-refractivity contribution in [2.45, 2.75) is 0 Å². The molecular weight excluding hydrogens is 152 g/mol. The number of benzene rings is 1. The standard InChI is InChI=1S/C9H6N2O/c1-2-4-8-7(3-1)11-9(12-8)5-6-10-11/h1-6H. The lowest BCUT2D eigenvalue weighted by molar-refractivity contribution is 0.652. The van der Waals surface area contributed by atoms with Gasteiger partial charge in [0.25, 0.3) is 0 Å². The molecule has 58 valence electrons. The Morgan fingerprint density at radius 3 is 3.08 bits per heavy atom. The lowest BCUT2D eigenvalue weighted by atomic mass is 10.3. The second kappa shape index (κ2) is 1.88. The van der Waals surface area contributed by atoms with Gasteiger partial charge in [0.05, 0.1) is 6.20 Å². The molecule has 0 spiro atoms. The molecule has 1 aromatic carbocycles. The molecule has 2 heterocycles. The van der Waals surface area contributed by atoms with Crippen LogP contribution in [0.2, 0.25) is 0 Å². The van der Waals surface area contributed by atoms with Gasteiger partial charge in [-0.05, 0) is 12.1 Å². The highest BCUT2D eigenvalue weighted by molar-refractivity contribution is 5.76. The Labute approximate surface area is 68.2 Å². The van der Waals surface area contributed by atoms with Crippen molar-refractivity contribution in [1.82, 2.24) is 9.61 Å². The van der Waals surface area contributed by atoms with Gasteiger partial charge in [0.2, 0.25) is 5.71 Å². The van der Waals surface area contributed by atoms with E-state index in [0.29, 0.717) is 0 Å². The number of rotatable bonds is 0. The van der Waals surface area contributed by atoms with Crippen LogP contribution in [0.5, 0.6) is 0 Å². The molecule has 0 aliphatic carbocycles. The first-order valence-corrected chi connectivity index (χ1v) is 3.76. The maximum atomic E-state index is 5.49. The van der Waals surface area contributed by atoms with Crippen LogP contribution in [0, 0.1) is 0 Å². The fourth-order valence-corrected chi connectivity index (χ4v) is 1.38. The minimum atomic E-state index is 0.788. The molecule has 0 N–H and O–H groups in total. The van der Waals surface area contributed by atoms with E-state index in [4.69, 9.17) is 4.42 Å². The number of hydrogen-bond donors (Lipinski definition) is 0. The van der Waals surface area contributed by atoms with E-state index < -0.39 is 0 Å². The van der Waals surface area contributed by atoms with Gasteiger partial charge in [-0.2, -0.15) is 9.61 Å². The Kier molecular flexibility index (Phi) is 0.913. The normalized spacial score (nSPS) is 11.3. The van der Waals surface area contributed by atoms with E-state index in [9.17, 15) is 0 Å².